The van der Waals surface area contributed by atoms with Crippen LogP contribution in [0.15, 0.2) is 60.8 Å². The average molecular weight is 708 g/mol. The molecule has 1 aliphatic heterocycles. The van der Waals surface area contributed by atoms with Crippen molar-refractivity contribution < 1.29 is 37.9 Å². The molecule has 0 unspecified atom stereocenters. The van der Waals surface area contributed by atoms with Gasteiger partial charge in [-0.05, 0) is 56.2 Å². The smallest absolute Gasteiger partial charge is 0.328 e. The van der Waals surface area contributed by atoms with Gasteiger partial charge in [0.05, 0.1) is 6.61 Å². The molecule has 0 saturated carbocycles. The Morgan fingerprint density at radius 2 is 1.69 bits per heavy atom. The fourth-order valence-electron chi connectivity index (χ4n) is 6.23. The number of benzene rings is 2. The highest BCUT2D eigenvalue weighted by atomic mass is 19.1. The van der Waals surface area contributed by atoms with E-state index in [4.69, 9.17) is 10.5 Å². The van der Waals surface area contributed by atoms with Crippen molar-refractivity contribution in [3.8, 4) is 0 Å². The molecule has 2 aromatic carbocycles. The van der Waals surface area contributed by atoms with Crippen LogP contribution < -0.4 is 27.0 Å². The number of hydrogen-bond donors (Lipinski definition) is 6. The quantitative estimate of drug-likeness (QED) is 0.0906. The minimum absolute atomic E-state index is 0.0459. The summed E-state index contributed by atoms with van der Waals surface area (Å²) < 4.78 is 18.5. The fraction of sp³-hybridized carbons (Fsp3) is 0.444. The summed E-state index contributed by atoms with van der Waals surface area (Å²) in [5.41, 5.74) is 7.45. The van der Waals surface area contributed by atoms with Gasteiger partial charge >= 0.3 is 12.0 Å². The number of alkyl halides is 1. The first-order chi connectivity index (χ1) is 24.6. The van der Waals surface area contributed by atoms with E-state index < -0.39 is 66.5 Å². The number of fused-ring (bicyclic) bond motifs is 1. The zero-order chi connectivity index (χ0) is 36.8. The number of amides is 6. The second kappa shape index (κ2) is 19.1. The lowest BCUT2D eigenvalue weighted by molar-refractivity contribution is -0.148. The average Bonchev–Trinajstić information content (AvgIpc) is 3.54. The molecule has 51 heavy (non-hydrogen) atoms. The van der Waals surface area contributed by atoms with Gasteiger partial charge in [0.25, 0.3) is 5.91 Å². The predicted octanol–water partition coefficient (Wildman–Crippen LogP) is 1.77. The van der Waals surface area contributed by atoms with Crippen molar-refractivity contribution in [2.45, 2.75) is 76.0 Å². The van der Waals surface area contributed by atoms with Crippen LogP contribution in [0.25, 0.3) is 10.9 Å². The summed E-state index contributed by atoms with van der Waals surface area (Å²) >= 11 is 0. The second-order valence-corrected chi connectivity index (χ2v) is 12.4. The number of H-pyrrole nitrogens is 1. The Kier molecular flexibility index (Phi) is 14.3. The number of halogens is 1. The van der Waals surface area contributed by atoms with Crippen molar-refractivity contribution in [1.29, 1.82) is 0 Å². The second-order valence-electron chi connectivity index (χ2n) is 12.4. The molecular formula is C36H46FN7O7. The molecule has 15 heteroatoms. The van der Waals surface area contributed by atoms with Crippen LogP contribution in [0.1, 0.15) is 50.2 Å². The minimum atomic E-state index is -1.30. The molecule has 0 bridgehead atoms. The minimum Gasteiger partial charge on any atom is -0.464 e. The maximum Gasteiger partial charge on any atom is 0.328 e. The number of nitrogens with two attached hydrogens (primary N) is 1. The number of para-hydroxylation sites is 1. The van der Waals surface area contributed by atoms with E-state index in [0.29, 0.717) is 25.7 Å². The number of hydrogen-bond acceptors (Lipinski definition) is 7. The van der Waals surface area contributed by atoms with Gasteiger partial charge in [-0.25, -0.2) is 14.0 Å². The Labute approximate surface area is 295 Å². The first-order valence-electron chi connectivity index (χ1n) is 17.2. The number of rotatable bonds is 17. The third-order valence-electron chi connectivity index (χ3n) is 8.71. The van der Waals surface area contributed by atoms with Gasteiger partial charge in [-0.2, -0.15) is 0 Å². The molecule has 4 atom stereocenters. The van der Waals surface area contributed by atoms with Gasteiger partial charge in [0.1, 0.15) is 24.2 Å². The zero-order valence-electron chi connectivity index (χ0n) is 28.6. The fourth-order valence-corrected chi connectivity index (χ4v) is 6.23. The molecule has 3 aromatic rings. The molecule has 0 radical (unpaired) electrons. The van der Waals surface area contributed by atoms with Gasteiger partial charge in [-0.1, -0.05) is 48.5 Å². The van der Waals surface area contributed by atoms with Crippen molar-refractivity contribution in [2.24, 2.45) is 5.73 Å². The third kappa shape index (κ3) is 11.0. The number of nitrogens with zero attached hydrogens (tertiary/aromatic N) is 1. The number of aromatic amines is 1. The number of ether oxygens (including phenoxy) is 1. The number of esters is 1. The molecule has 1 fully saturated rings. The molecule has 0 spiro atoms. The Morgan fingerprint density at radius 3 is 2.41 bits per heavy atom. The number of piperidine rings is 1. The molecule has 1 aromatic heterocycles. The monoisotopic (exact) mass is 707 g/mol. The SMILES string of the molecule is CCOC(=O)[C@H](CCCNC(N)=O)NC(=O)[C@H](Cc1c[nH]c2ccccc12)NC(=O)[C@@H]1CCCCN1C(=O)[C@H](Cc1ccccc1)NC(=O)CF. The van der Waals surface area contributed by atoms with Crippen LogP contribution in [0.5, 0.6) is 0 Å². The topological polar surface area (TPSA) is 205 Å². The van der Waals surface area contributed by atoms with Gasteiger partial charge in [0.2, 0.25) is 17.7 Å². The van der Waals surface area contributed by atoms with Gasteiger partial charge in [0.15, 0.2) is 6.67 Å². The van der Waals surface area contributed by atoms with Crippen LogP contribution in [0.2, 0.25) is 0 Å². The Balaban J connectivity index is 1.58. The van der Waals surface area contributed by atoms with E-state index in [2.05, 4.69) is 26.3 Å². The largest absolute Gasteiger partial charge is 0.464 e. The van der Waals surface area contributed by atoms with E-state index in [1.54, 1.807) is 37.4 Å². The summed E-state index contributed by atoms with van der Waals surface area (Å²) in [7, 11) is 0. The van der Waals surface area contributed by atoms with E-state index in [0.717, 1.165) is 22.0 Å². The van der Waals surface area contributed by atoms with E-state index >= 15 is 0 Å². The lowest BCUT2D eigenvalue weighted by Gasteiger charge is -2.37. The summed E-state index contributed by atoms with van der Waals surface area (Å²) in [5.74, 6) is -3.40. The summed E-state index contributed by atoms with van der Waals surface area (Å²) in [5, 5.41) is 11.3. The van der Waals surface area contributed by atoms with Crippen LogP contribution in [0.4, 0.5) is 9.18 Å². The standard InChI is InChI=1S/C36H46FN7O7/c1-2-51-35(49)27(15-10-17-39-36(38)50)42-32(46)28(20-24-22-40-26-14-7-6-13-25(24)26)43-33(47)30-16-8-9-18-44(30)34(48)29(41-31(45)21-37)19-23-11-4-3-5-12-23/h3-7,11-14,22,27-30,40H,2,8-10,15-21H2,1H3,(H,41,45)(H,42,46)(H,43,47)(H3,38,39,50)/t27-,28-,29-,30-/m0/s1. The molecule has 7 N–H and O–H groups in total. The molecule has 4 rings (SSSR count). The van der Waals surface area contributed by atoms with E-state index in [9.17, 15) is 33.2 Å². The molecule has 1 aliphatic rings. The van der Waals surface area contributed by atoms with Gasteiger partial charge in [0, 0.05) is 43.0 Å². The summed E-state index contributed by atoms with van der Waals surface area (Å²) in [6.45, 7) is 0.789. The zero-order valence-corrected chi connectivity index (χ0v) is 28.6. The van der Waals surface area contributed by atoms with E-state index in [1.807, 2.05) is 30.3 Å². The van der Waals surface area contributed by atoms with E-state index in [1.165, 1.54) is 4.90 Å². The first-order valence-corrected chi connectivity index (χ1v) is 17.2. The number of likely N-dealkylation sites (tertiary alicyclic amines) is 1. The molecule has 0 aliphatic carbocycles. The number of carbonyl (C=O) groups excluding carboxylic acids is 6. The van der Waals surface area contributed by atoms with Crippen molar-refractivity contribution in [3.63, 3.8) is 0 Å². The highest BCUT2D eigenvalue weighted by molar-refractivity contribution is 5.96. The molecule has 6 amide bonds. The van der Waals surface area contributed by atoms with Crippen LogP contribution >= 0.6 is 0 Å². The number of primary amides is 1. The maximum absolute atomic E-state index is 14.1. The maximum atomic E-state index is 14.1. The molecule has 2 heterocycles. The van der Waals surface area contributed by atoms with Gasteiger partial charge in [-0.15, -0.1) is 0 Å². The summed E-state index contributed by atoms with van der Waals surface area (Å²) in [6, 6.07) is 11.3. The third-order valence-corrected chi connectivity index (χ3v) is 8.71. The lowest BCUT2D eigenvalue weighted by Crippen LogP contribution is -2.60. The summed E-state index contributed by atoms with van der Waals surface area (Å²) in [4.78, 5) is 82.7. The van der Waals surface area contributed by atoms with Crippen molar-refractivity contribution in [1.82, 2.24) is 31.2 Å². The van der Waals surface area contributed by atoms with Crippen LogP contribution in [0, 0.1) is 0 Å². The first kappa shape index (κ1) is 38.3. The van der Waals surface area contributed by atoms with Crippen LogP contribution in [-0.2, 0) is 41.6 Å². The molecule has 1 saturated heterocycles. The van der Waals surface area contributed by atoms with Crippen molar-refractivity contribution in [2.75, 3.05) is 26.4 Å². The van der Waals surface area contributed by atoms with Crippen LogP contribution in [-0.4, -0.2) is 96.1 Å². The van der Waals surface area contributed by atoms with Crippen LogP contribution in [0.3, 0.4) is 0 Å². The Bertz CT molecular complexity index is 1670. The van der Waals surface area contributed by atoms with E-state index in [-0.39, 0.29) is 39.0 Å². The number of urea groups is 1. The Hall–Kier alpha value is -5.47. The molecular weight excluding hydrogens is 661 g/mol. The lowest BCUT2D eigenvalue weighted by atomic mass is 9.97. The highest BCUT2D eigenvalue weighted by Crippen LogP contribution is 2.22. The van der Waals surface area contributed by atoms with Gasteiger partial charge in [-0.3, -0.25) is 19.2 Å². The number of aromatic nitrogens is 1. The Morgan fingerprint density at radius 1 is 0.941 bits per heavy atom. The van der Waals surface area contributed by atoms with Crippen molar-refractivity contribution >= 4 is 46.5 Å². The molecule has 14 nitrogen and oxygen atoms in total. The normalized spacial score (nSPS) is 16.0. The van der Waals surface area contributed by atoms with Crippen molar-refractivity contribution in [3.05, 3.63) is 71.9 Å². The molecule has 274 valence electrons. The van der Waals surface area contributed by atoms with Gasteiger partial charge < -0.3 is 41.6 Å². The summed E-state index contributed by atoms with van der Waals surface area (Å²) in [6.07, 6.45) is 3.84. The number of nitrogens with one attached hydrogen (secondary N) is 5. The number of carbonyl (C=O) groups is 6. The highest BCUT2D eigenvalue weighted by Gasteiger charge is 2.38. The predicted molar refractivity (Wildman–Crippen MR) is 187 cm³/mol.